The lowest BCUT2D eigenvalue weighted by Gasteiger charge is -2.19. The monoisotopic (exact) mass is 291 g/mol. The van der Waals surface area contributed by atoms with Crippen molar-refractivity contribution < 1.29 is 9.13 Å². The number of nitrogens with two attached hydrogens (primary N) is 1. The summed E-state index contributed by atoms with van der Waals surface area (Å²) in [4.78, 5) is 4.32. The molecular weight excluding hydrogens is 269 g/mol. The number of rotatable bonds is 2. The Hall–Kier alpha value is -1.78. The largest absolute Gasteiger partial charge is 0.494 e. The molecule has 0 aliphatic heterocycles. The molecule has 3 rings (SSSR count). The highest BCUT2D eigenvalue weighted by atomic mass is 19.1. The van der Waals surface area contributed by atoms with Gasteiger partial charge in [0.2, 0.25) is 5.95 Å². The molecule has 1 aliphatic carbocycles. The van der Waals surface area contributed by atoms with Crippen molar-refractivity contribution in [3.05, 3.63) is 17.9 Å². The van der Waals surface area contributed by atoms with Crippen molar-refractivity contribution in [2.24, 2.45) is 5.92 Å². The van der Waals surface area contributed by atoms with Crippen LogP contribution in [0.15, 0.2) is 12.1 Å². The van der Waals surface area contributed by atoms with Crippen LogP contribution in [0.2, 0.25) is 0 Å². The smallest absolute Gasteiger partial charge is 0.201 e. The van der Waals surface area contributed by atoms with Gasteiger partial charge in [0.15, 0.2) is 11.6 Å². The van der Waals surface area contributed by atoms with Crippen LogP contribution in [-0.2, 0) is 0 Å². The maximum absolute atomic E-state index is 13.8. The van der Waals surface area contributed by atoms with E-state index in [1.807, 2.05) is 0 Å². The standard InChI is InChI=1S/C16H22FN3O/c1-10-4-3-5-11(7-6-10)20-14-9-15(21-2)12(17)8-13(14)19-16(20)18/h8-11H,3-7H2,1-2H3,(H2,18,19). The number of imidazole rings is 1. The number of anilines is 1. The Balaban J connectivity index is 2.06. The summed E-state index contributed by atoms with van der Waals surface area (Å²) in [5, 5.41) is 0. The third-order valence-corrected chi connectivity index (χ3v) is 4.58. The molecule has 2 aromatic rings. The van der Waals surface area contributed by atoms with Crippen molar-refractivity contribution in [1.29, 1.82) is 0 Å². The second kappa shape index (κ2) is 5.54. The lowest BCUT2D eigenvalue weighted by atomic mass is 10.0. The second-order valence-electron chi connectivity index (χ2n) is 6.08. The molecule has 1 aliphatic rings. The van der Waals surface area contributed by atoms with Gasteiger partial charge in [0, 0.05) is 18.2 Å². The van der Waals surface area contributed by atoms with Gasteiger partial charge in [-0.15, -0.1) is 0 Å². The number of fused-ring (bicyclic) bond motifs is 1. The van der Waals surface area contributed by atoms with Crippen LogP contribution in [0.4, 0.5) is 10.3 Å². The molecule has 114 valence electrons. The molecule has 1 saturated carbocycles. The van der Waals surface area contributed by atoms with E-state index in [9.17, 15) is 4.39 Å². The zero-order valence-electron chi connectivity index (χ0n) is 12.6. The zero-order chi connectivity index (χ0) is 15.0. The number of nitrogens with zero attached hydrogens (tertiary/aromatic N) is 2. The van der Waals surface area contributed by atoms with Crippen molar-refractivity contribution in [1.82, 2.24) is 9.55 Å². The average Bonchev–Trinajstić information content (AvgIpc) is 2.61. The minimum atomic E-state index is -0.399. The van der Waals surface area contributed by atoms with Gasteiger partial charge >= 0.3 is 0 Å². The predicted octanol–water partition coefficient (Wildman–Crippen LogP) is 3.91. The zero-order valence-corrected chi connectivity index (χ0v) is 12.6. The minimum Gasteiger partial charge on any atom is -0.494 e. The first kappa shape index (κ1) is 14.2. The number of ether oxygens (including phenoxy) is 1. The predicted molar refractivity (Wildman–Crippen MR) is 81.9 cm³/mol. The normalized spacial score (nSPS) is 23.2. The molecule has 0 bridgehead atoms. The van der Waals surface area contributed by atoms with Gasteiger partial charge in [0.25, 0.3) is 0 Å². The van der Waals surface area contributed by atoms with Gasteiger partial charge in [-0.05, 0) is 25.2 Å². The molecule has 0 saturated heterocycles. The highest BCUT2D eigenvalue weighted by Gasteiger charge is 2.22. The Morgan fingerprint density at radius 3 is 2.86 bits per heavy atom. The van der Waals surface area contributed by atoms with Crippen LogP contribution in [0, 0.1) is 11.7 Å². The number of benzene rings is 1. The molecule has 4 nitrogen and oxygen atoms in total. The number of hydrogen-bond donors (Lipinski definition) is 1. The summed E-state index contributed by atoms with van der Waals surface area (Å²) in [5.41, 5.74) is 7.57. The van der Waals surface area contributed by atoms with E-state index in [0.29, 0.717) is 17.5 Å². The van der Waals surface area contributed by atoms with Gasteiger partial charge in [0.05, 0.1) is 18.1 Å². The van der Waals surface area contributed by atoms with Crippen molar-refractivity contribution >= 4 is 17.0 Å². The number of nitrogen functional groups attached to an aromatic ring is 1. The van der Waals surface area contributed by atoms with Crippen LogP contribution in [0.3, 0.4) is 0 Å². The fourth-order valence-electron chi connectivity index (χ4n) is 3.38. The molecule has 21 heavy (non-hydrogen) atoms. The summed E-state index contributed by atoms with van der Waals surface area (Å²) in [6.07, 6.45) is 5.85. The van der Waals surface area contributed by atoms with E-state index in [1.165, 1.54) is 32.4 Å². The quantitative estimate of drug-likeness (QED) is 0.854. The van der Waals surface area contributed by atoms with E-state index in [0.717, 1.165) is 24.3 Å². The fourth-order valence-corrected chi connectivity index (χ4v) is 3.38. The highest BCUT2D eigenvalue weighted by molar-refractivity contribution is 5.80. The average molecular weight is 291 g/mol. The van der Waals surface area contributed by atoms with Gasteiger partial charge < -0.3 is 15.0 Å². The molecule has 1 fully saturated rings. The van der Waals surface area contributed by atoms with Gasteiger partial charge in [-0.1, -0.05) is 19.8 Å². The van der Waals surface area contributed by atoms with Crippen molar-refractivity contribution in [3.63, 3.8) is 0 Å². The van der Waals surface area contributed by atoms with Crippen LogP contribution in [0.5, 0.6) is 5.75 Å². The summed E-state index contributed by atoms with van der Waals surface area (Å²) >= 11 is 0. The maximum atomic E-state index is 13.8. The van der Waals surface area contributed by atoms with E-state index in [1.54, 1.807) is 6.07 Å². The molecule has 0 amide bonds. The summed E-state index contributed by atoms with van der Waals surface area (Å²) < 4.78 is 21.0. The maximum Gasteiger partial charge on any atom is 0.201 e. The molecule has 2 atom stereocenters. The molecule has 1 aromatic carbocycles. The summed E-state index contributed by atoms with van der Waals surface area (Å²) in [7, 11) is 1.47. The Morgan fingerprint density at radius 2 is 2.10 bits per heavy atom. The van der Waals surface area contributed by atoms with E-state index in [-0.39, 0.29) is 5.75 Å². The topological polar surface area (TPSA) is 53.1 Å². The van der Waals surface area contributed by atoms with E-state index < -0.39 is 5.82 Å². The van der Waals surface area contributed by atoms with Crippen LogP contribution in [0.25, 0.3) is 11.0 Å². The molecule has 1 heterocycles. The minimum absolute atomic E-state index is 0.241. The molecule has 5 heteroatoms. The van der Waals surface area contributed by atoms with E-state index in [4.69, 9.17) is 10.5 Å². The summed E-state index contributed by atoms with van der Waals surface area (Å²) in [6, 6.07) is 3.46. The van der Waals surface area contributed by atoms with Gasteiger partial charge in [-0.2, -0.15) is 0 Å². The van der Waals surface area contributed by atoms with Crippen LogP contribution >= 0.6 is 0 Å². The van der Waals surface area contributed by atoms with E-state index in [2.05, 4.69) is 16.5 Å². The Labute approximate surface area is 124 Å². The van der Waals surface area contributed by atoms with Gasteiger partial charge in [-0.3, -0.25) is 0 Å². The molecule has 0 spiro atoms. The summed E-state index contributed by atoms with van der Waals surface area (Å²) in [6.45, 7) is 2.30. The Bertz CT molecular complexity index is 652. The molecule has 0 radical (unpaired) electrons. The number of hydrogen-bond acceptors (Lipinski definition) is 3. The summed E-state index contributed by atoms with van der Waals surface area (Å²) in [5.74, 6) is 1.07. The second-order valence-corrected chi connectivity index (χ2v) is 6.08. The lowest BCUT2D eigenvalue weighted by molar-refractivity contribution is 0.386. The van der Waals surface area contributed by atoms with E-state index >= 15 is 0 Å². The Morgan fingerprint density at radius 1 is 1.29 bits per heavy atom. The Kier molecular flexibility index (Phi) is 3.74. The fraction of sp³-hybridized carbons (Fsp3) is 0.562. The van der Waals surface area contributed by atoms with Crippen molar-refractivity contribution in [2.75, 3.05) is 12.8 Å². The SMILES string of the molecule is COc1cc2c(cc1F)nc(N)n2C1CCCC(C)CC1. The molecule has 1 aromatic heterocycles. The third kappa shape index (κ3) is 2.57. The van der Waals surface area contributed by atoms with Crippen LogP contribution in [0.1, 0.15) is 45.1 Å². The first-order chi connectivity index (χ1) is 10.1. The van der Waals surface area contributed by atoms with Crippen molar-refractivity contribution in [2.45, 2.75) is 45.1 Å². The van der Waals surface area contributed by atoms with Crippen LogP contribution in [-0.4, -0.2) is 16.7 Å². The lowest BCUT2D eigenvalue weighted by Crippen LogP contribution is -2.11. The third-order valence-electron chi connectivity index (χ3n) is 4.58. The first-order valence-electron chi connectivity index (χ1n) is 7.61. The first-order valence-corrected chi connectivity index (χ1v) is 7.61. The van der Waals surface area contributed by atoms with Crippen LogP contribution < -0.4 is 10.5 Å². The molecular formula is C16H22FN3O. The molecule has 2 unspecified atom stereocenters. The number of methoxy groups -OCH3 is 1. The van der Waals surface area contributed by atoms with Crippen molar-refractivity contribution in [3.8, 4) is 5.75 Å². The number of halogens is 1. The van der Waals surface area contributed by atoms with Gasteiger partial charge in [0.1, 0.15) is 0 Å². The van der Waals surface area contributed by atoms with Gasteiger partial charge in [-0.25, -0.2) is 9.37 Å². The highest BCUT2D eigenvalue weighted by Crippen LogP contribution is 2.35. The number of aromatic nitrogens is 2. The molecule has 2 N–H and O–H groups in total.